The molecule has 0 saturated heterocycles. The van der Waals surface area contributed by atoms with Crippen LogP contribution in [-0.4, -0.2) is 35.4 Å². The summed E-state index contributed by atoms with van der Waals surface area (Å²) in [5, 5.41) is 10.5. The molecule has 0 bridgehead atoms. The Morgan fingerprint density at radius 2 is 2.12 bits per heavy atom. The minimum absolute atomic E-state index is 0. The van der Waals surface area contributed by atoms with Gasteiger partial charge in [-0.15, -0.1) is 12.4 Å². The van der Waals surface area contributed by atoms with E-state index < -0.39 is 6.04 Å². The Morgan fingerprint density at radius 1 is 1.42 bits per heavy atom. The maximum atomic E-state index is 12.3. The van der Waals surface area contributed by atoms with Gasteiger partial charge in [0, 0.05) is 18.8 Å². The molecule has 0 fully saturated rings. The Bertz CT molecular complexity index is 663. The molecule has 0 aliphatic rings. The van der Waals surface area contributed by atoms with Crippen molar-refractivity contribution in [3.8, 4) is 5.75 Å². The normalized spacial score (nSPS) is 12.8. The van der Waals surface area contributed by atoms with Gasteiger partial charge in [-0.25, -0.2) is 0 Å². The second-order valence-electron chi connectivity index (χ2n) is 5.27. The molecule has 1 aromatic heterocycles. The molecule has 0 aliphatic heterocycles. The summed E-state index contributed by atoms with van der Waals surface area (Å²) < 4.78 is 7.40. The van der Waals surface area contributed by atoms with Gasteiger partial charge in [-0.3, -0.25) is 9.48 Å². The van der Waals surface area contributed by atoms with E-state index in [9.17, 15) is 4.79 Å². The van der Waals surface area contributed by atoms with Crippen LogP contribution in [0.15, 0.2) is 36.7 Å². The fourth-order valence-electron chi connectivity index (χ4n) is 2.18. The van der Waals surface area contributed by atoms with Crippen LogP contribution in [0.1, 0.15) is 18.5 Å². The van der Waals surface area contributed by atoms with Crippen molar-refractivity contribution < 1.29 is 9.53 Å². The van der Waals surface area contributed by atoms with Crippen LogP contribution < -0.4 is 15.4 Å². The van der Waals surface area contributed by atoms with Gasteiger partial charge in [0.1, 0.15) is 17.9 Å². The summed E-state index contributed by atoms with van der Waals surface area (Å²) in [6, 6.07) is 6.81. The second kappa shape index (κ2) is 9.52. The molecule has 1 aromatic carbocycles. The summed E-state index contributed by atoms with van der Waals surface area (Å²) in [4.78, 5) is 12.3. The first-order chi connectivity index (χ1) is 11.0. The van der Waals surface area contributed by atoms with Gasteiger partial charge in [-0.2, -0.15) is 5.10 Å². The zero-order valence-corrected chi connectivity index (χ0v) is 15.4. The Labute approximate surface area is 152 Å². The molecular weight excluding hydrogens is 351 g/mol. The number of para-hydroxylation sites is 1. The van der Waals surface area contributed by atoms with Crippen molar-refractivity contribution in [1.29, 1.82) is 0 Å². The van der Waals surface area contributed by atoms with Gasteiger partial charge < -0.3 is 15.4 Å². The Balaban J connectivity index is 0.00000288. The first-order valence-electron chi connectivity index (χ1n) is 7.36. The first kappa shape index (κ1) is 20.3. The molecule has 0 radical (unpaired) electrons. The van der Waals surface area contributed by atoms with Crippen molar-refractivity contribution in [3.63, 3.8) is 0 Å². The number of likely N-dealkylation sites (N-methyl/N-ethyl adjacent to an activating group) is 1. The first-order valence-corrected chi connectivity index (χ1v) is 7.73. The molecule has 8 heteroatoms. The molecule has 6 nitrogen and oxygen atoms in total. The van der Waals surface area contributed by atoms with Gasteiger partial charge in [0.2, 0.25) is 5.91 Å². The number of carbonyl (C=O) groups is 1. The predicted octanol–water partition coefficient (Wildman–Crippen LogP) is 2.34. The lowest BCUT2D eigenvalue weighted by Crippen LogP contribution is -2.40. The molecule has 132 valence electrons. The monoisotopic (exact) mass is 372 g/mol. The summed E-state index contributed by atoms with van der Waals surface area (Å²) >= 11 is 6.05. The van der Waals surface area contributed by atoms with Crippen LogP contribution in [0.2, 0.25) is 5.02 Å². The Kier molecular flexibility index (Phi) is 8.04. The number of nitrogens with one attached hydrogen (secondary N) is 2. The highest BCUT2D eigenvalue weighted by atomic mass is 35.5. The van der Waals surface area contributed by atoms with Crippen LogP contribution >= 0.6 is 24.0 Å². The predicted molar refractivity (Wildman–Crippen MR) is 96.8 cm³/mol. The summed E-state index contributed by atoms with van der Waals surface area (Å²) in [5.74, 6) is 0.475. The summed E-state index contributed by atoms with van der Waals surface area (Å²) in [7, 11) is 3.55. The number of hydrogen-bond donors (Lipinski definition) is 2. The molecule has 2 N–H and O–H groups in total. The maximum Gasteiger partial charge on any atom is 0.241 e. The van der Waals surface area contributed by atoms with Gasteiger partial charge in [-0.05, 0) is 26.1 Å². The highest BCUT2D eigenvalue weighted by Gasteiger charge is 2.20. The number of ether oxygens (including phenoxy) is 1. The summed E-state index contributed by atoms with van der Waals surface area (Å²) in [6.07, 6.45) is 3.28. The van der Waals surface area contributed by atoms with E-state index in [1.54, 1.807) is 30.1 Å². The molecule has 2 atom stereocenters. The number of aromatic nitrogens is 2. The third kappa shape index (κ3) is 5.40. The third-order valence-electron chi connectivity index (χ3n) is 3.34. The summed E-state index contributed by atoms with van der Waals surface area (Å²) in [6.45, 7) is 2.25. The standard InChI is InChI=1S/C16H21ClN4O2.ClH/c1-11(23-14-7-5-4-6-13(14)17)8-19-16(22)15(18-2)12-9-20-21(3)10-12;/h4-7,9-11,15,18H,8H2,1-3H3,(H,19,22);1H. The molecule has 2 aromatic rings. The number of benzene rings is 1. The van der Waals surface area contributed by atoms with E-state index >= 15 is 0 Å². The van der Waals surface area contributed by atoms with Crippen LogP contribution in [0.4, 0.5) is 0 Å². The number of hydrogen-bond acceptors (Lipinski definition) is 4. The number of rotatable bonds is 7. The minimum Gasteiger partial charge on any atom is -0.487 e. The average Bonchev–Trinajstić information content (AvgIpc) is 2.94. The van der Waals surface area contributed by atoms with Gasteiger partial charge in [-0.1, -0.05) is 23.7 Å². The maximum absolute atomic E-state index is 12.3. The molecule has 1 heterocycles. The van der Waals surface area contributed by atoms with E-state index in [4.69, 9.17) is 16.3 Å². The highest BCUT2D eigenvalue weighted by Crippen LogP contribution is 2.24. The SMILES string of the molecule is CNC(C(=O)NCC(C)Oc1ccccc1Cl)c1cnn(C)c1.Cl. The van der Waals surface area contributed by atoms with Crippen molar-refractivity contribution in [2.75, 3.05) is 13.6 Å². The molecule has 0 saturated carbocycles. The largest absolute Gasteiger partial charge is 0.487 e. The second-order valence-corrected chi connectivity index (χ2v) is 5.68. The number of amides is 1. The van der Waals surface area contributed by atoms with Crippen molar-refractivity contribution in [2.24, 2.45) is 7.05 Å². The molecule has 2 unspecified atom stereocenters. The number of halogens is 2. The van der Waals surface area contributed by atoms with Crippen LogP contribution in [0.25, 0.3) is 0 Å². The Hall–Kier alpha value is -1.76. The van der Waals surface area contributed by atoms with Crippen LogP contribution in [-0.2, 0) is 11.8 Å². The minimum atomic E-state index is -0.448. The zero-order valence-electron chi connectivity index (χ0n) is 13.8. The fraction of sp³-hybridized carbons (Fsp3) is 0.375. The van der Waals surface area contributed by atoms with Crippen LogP contribution in [0.5, 0.6) is 5.75 Å². The van der Waals surface area contributed by atoms with Gasteiger partial charge in [0.05, 0.1) is 17.8 Å². The van der Waals surface area contributed by atoms with Gasteiger partial charge >= 0.3 is 0 Å². The van der Waals surface area contributed by atoms with E-state index in [1.165, 1.54) is 0 Å². The van der Waals surface area contributed by atoms with E-state index in [0.717, 1.165) is 5.56 Å². The lowest BCUT2D eigenvalue weighted by Gasteiger charge is -2.19. The van der Waals surface area contributed by atoms with Crippen molar-refractivity contribution in [2.45, 2.75) is 19.1 Å². The number of nitrogens with zero attached hydrogens (tertiary/aromatic N) is 2. The number of aryl methyl sites for hydroxylation is 1. The molecule has 0 spiro atoms. The van der Waals surface area contributed by atoms with E-state index in [0.29, 0.717) is 17.3 Å². The molecule has 2 rings (SSSR count). The lowest BCUT2D eigenvalue weighted by molar-refractivity contribution is -0.123. The van der Waals surface area contributed by atoms with Crippen molar-refractivity contribution >= 4 is 29.9 Å². The Morgan fingerprint density at radius 3 is 2.71 bits per heavy atom. The van der Waals surface area contributed by atoms with Crippen molar-refractivity contribution in [3.05, 3.63) is 47.2 Å². The summed E-state index contributed by atoms with van der Waals surface area (Å²) in [5.41, 5.74) is 0.812. The topological polar surface area (TPSA) is 68.2 Å². The smallest absolute Gasteiger partial charge is 0.241 e. The molecule has 1 amide bonds. The van der Waals surface area contributed by atoms with Gasteiger partial charge in [0.15, 0.2) is 0 Å². The molecular formula is C16H22Cl2N4O2. The quantitative estimate of drug-likeness (QED) is 0.782. The van der Waals surface area contributed by atoms with Crippen LogP contribution in [0.3, 0.4) is 0 Å². The lowest BCUT2D eigenvalue weighted by atomic mass is 10.1. The van der Waals surface area contributed by atoms with E-state index in [2.05, 4.69) is 15.7 Å². The van der Waals surface area contributed by atoms with E-state index in [-0.39, 0.29) is 24.4 Å². The molecule has 0 aliphatic carbocycles. The number of carbonyl (C=O) groups excluding carboxylic acids is 1. The third-order valence-corrected chi connectivity index (χ3v) is 3.65. The average molecular weight is 373 g/mol. The zero-order chi connectivity index (χ0) is 16.8. The van der Waals surface area contributed by atoms with E-state index in [1.807, 2.05) is 32.3 Å². The van der Waals surface area contributed by atoms with Gasteiger partial charge in [0.25, 0.3) is 0 Å². The van der Waals surface area contributed by atoms with Crippen molar-refractivity contribution in [1.82, 2.24) is 20.4 Å². The molecule has 24 heavy (non-hydrogen) atoms. The van der Waals surface area contributed by atoms with Crippen LogP contribution in [0, 0.1) is 0 Å². The highest BCUT2D eigenvalue weighted by molar-refractivity contribution is 6.32. The fourth-order valence-corrected chi connectivity index (χ4v) is 2.36.